The Kier molecular flexibility index (Phi) is 6.20. The Morgan fingerprint density at radius 2 is 1.96 bits per heavy atom. The number of carbonyl (C=O) groups is 1. The molecular weight excluding hydrogens is 324 g/mol. The van der Waals surface area contributed by atoms with Crippen LogP contribution < -0.4 is 15.4 Å². The summed E-state index contributed by atoms with van der Waals surface area (Å²) in [6.07, 6.45) is 0.774. The van der Waals surface area contributed by atoms with Crippen LogP contribution in [0.5, 0.6) is 5.75 Å². The molecule has 1 aromatic carbocycles. The fourth-order valence-corrected chi connectivity index (χ4v) is 2.74. The predicted molar refractivity (Wildman–Crippen MR) is 97.8 cm³/mol. The van der Waals surface area contributed by atoms with Gasteiger partial charge in [0.25, 0.3) is 0 Å². The average Bonchev–Trinajstić information content (AvgIpc) is 2.51. The molecule has 6 heteroatoms. The minimum atomic E-state index is -0.346. The van der Waals surface area contributed by atoms with Gasteiger partial charge in [-0.05, 0) is 57.1 Å². The van der Waals surface area contributed by atoms with Crippen molar-refractivity contribution in [2.75, 3.05) is 6.61 Å². The van der Waals surface area contributed by atoms with Crippen molar-refractivity contribution in [3.63, 3.8) is 0 Å². The number of esters is 1. The zero-order valence-electron chi connectivity index (χ0n) is 14.5. The van der Waals surface area contributed by atoms with Gasteiger partial charge in [-0.2, -0.15) is 0 Å². The summed E-state index contributed by atoms with van der Waals surface area (Å²) in [5.41, 5.74) is 2.18. The maximum atomic E-state index is 12.5. The molecule has 2 N–H and O–H groups in total. The van der Waals surface area contributed by atoms with Crippen LogP contribution in [0.2, 0.25) is 0 Å². The molecule has 2 rings (SSSR count). The largest absolute Gasteiger partial charge is 0.494 e. The number of thiocarbonyl (C=S) groups is 1. The van der Waals surface area contributed by atoms with E-state index in [0.29, 0.717) is 23.0 Å². The summed E-state index contributed by atoms with van der Waals surface area (Å²) >= 11 is 5.24. The summed E-state index contributed by atoms with van der Waals surface area (Å²) in [6, 6.07) is 7.33. The maximum Gasteiger partial charge on any atom is 0.338 e. The van der Waals surface area contributed by atoms with Crippen LogP contribution >= 0.6 is 12.2 Å². The molecule has 0 aliphatic carbocycles. The van der Waals surface area contributed by atoms with Crippen LogP contribution in [0.1, 0.15) is 45.7 Å². The molecular formula is C18H24N2O3S. The second-order valence-corrected chi connectivity index (χ2v) is 6.35. The standard InChI is InChI=1S/C18H24N2O3S/c1-5-10-22-14-8-6-13(7-9-14)16-15(17(21)23-11(2)3)12(4)19-18(24)20-16/h6-9,11,16H,5,10H2,1-4H3,(H2,19,20,24)/t16-/m1/s1. The van der Waals surface area contributed by atoms with E-state index in [1.165, 1.54) is 0 Å². The molecule has 0 unspecified atom stereocenters. The van der Waals surface area contributed by atoms with E-state index in [0.717, 1.165) is 17.7 Å². The van der Waals surface area contributed by atoms with Crippen molar-refractivity contribution in [1.29, 1.82) is 0 Å². The average molecular weight is 348 g/mol. The highest BCUT2D eigenvalue weighted by Crippen LogP contribution is 2.29. The van der Waals surface area contributed by atoms with E-state index in [9.17, 15) is 4.79 Å². The monoisotopic (exact) mass is 348 g/mol. The van der Waals surface area contributed by atoms with Gasteiger partial charge in [0.1, 0.15) is 5.75 Å². The summed E-state index contributed by atoms with van der Waals surface area (Å²) < 4.78 is 11.0. The SMILES string of the molecule is CCCOc1ccc([C@H]2NC(=S)NC(C)=C2C(=O)OC(C)C)cc1. The summed E-state index contributed by atoms with van der Waals surface area (Å²) in [5.74, 6) is 0.463. The van der Waals surface area contributed by atoms with Gasteiger partial charge in [0.15, 0.2) is 5.11 Å². The third-order valence-corrected chi connectivity index (χ3v) is 3.74. The molecule has 0 amide bonds. The lowest BCUT2D eigenvalue weighted by Crippen LogP contribution is -2.45. The number of benzene rings is 1. The molecule has 0 saturated carbocycles. The highest BCUT2D eigenvalue weighted by molar-refractivity contribution is 7.80. The van der Waals surface area contributed by atoms with E-state index in [4.69, 9.17) is 21.7 Å². The molecule has 1 heterocycles. The van der Waals surface area contributed by atoms with Gasteiger partial charge in [0.2, 0.25) is 0 Å². The number of allylic oxidation sites excluding steroid dienone is 1. The molecule has 1 aliphatic heterocycles. The Balaban J connectivity index is 2.29. The minimum Gasteiger partial charge on any atom is -0.494 e. The number of nitrogens with one attached hydrogen (secondary N) is 2. The van der Waals surface area contributed by atoms with E-state index in [2.05, 4.69) is 17.6 Å². The molecule has 24 heavy (non-hydrogen) atoms. The van der Waals surface area contributed by atoms with Gasteiger partial charge in [-0.25, -0.2) is 4.79 Å². The lowest BCUT2D eigenvalue weighted by Gasteiger charge is -2.30. The Hall–Kier alpha value is -2.08. The molecule has 1 aliphatic rings. The van der Waals surface area contributed by atoms with E-state index >= 15 is 0 Å². The van der Waals surface area contributed by atoms with Gasteiger partial charge >= 0.3 is 5.97 Å². The minimum absolute atomic E-state index is 0.183. The third kappa shape index (κ3) is 4.47. The Labute approximate surface area is 148 Å². The zero-order chi connectivity index (χ0) is 17.7. The van der Waals surface area contributed by atoms with Crippen molar-refractivity contribution in [2.24, 2.45) is 0 Å². The first-order valence-electron chi connectivity index (χ1n) is 8.14. The number of rotatable bonds is 6. The summed E-state index contributed by atoms with van der Waals surface area (Å²) in [7, 11) is 0. The van der Waals surface area contributed by atoms with Gasteiger partial charge in [0, 0.05) is 5.70 Å². The van der Waals surface area contributed by atoms with Crippen LogP contribution in [0, 0.1) is 0 Å². The number of hydrogen-bond donors (Lipinski definition) is 2. The van der Waals surface area contributed by atoms with Crippen molar-refractivity contribution in [2.45, 2.75) is 46.3 Å². The van der Waals surface area contributed by atoms with Gasteiger partial charge in [0.05, 0.1) is 24.3 Å². The molecule has 0 bridgehead atoms. The molecule has 1 aromatic rings. The van der Waals surface area contributed by atoms with Crippen molar-refractivity contribution in [1.82, 2.24) is 10.6 Å². The van der Waals surface area contributed by atoms with E-state index in [1.54, 1.807) is 0 Å². The molecule has 0 radical (unpaired) electrons. The molecule has 0 spiro atoms. The van der Waals surface area contributed by atoms with Crippen LogP contribution in [0.4, 0.5) is 0 Å². The summed E-state index contributed by atoms with van der Waals surface area (Å²) in [6.45, 7) is 8.23. The molecule has 0 saturated heterocycles. The number of hydrogen-bond acceptors (Lipinski definition) is 4. The molecule has 0 fully saturated rings. The molecule has 0 aromatic heterocycles. The Morgan fingerprint density at radius 3 is 2.54 bits per heavy atom. The van der Waals surface area contributed by atoms with Gasteiger partial charge < -0.3 is 20.1 Å². The molecule has 130 valence electrons. The van der Waals surface area contributed by atoms with Gasteiger partial charge in [-0.3, -0.25) is 0 Å². The second kappa shape index (κ2) is 8.15. The van der Waals surface area contributed by atoms with Crippen molar-refractivity contribution >= 4 is 23.3 Å². The van der Waals surface area contributed by atoms with Crippen LogP contribution in [0.25, 0.3) is 0 Å². The smallest absolute Gasteiger partial charge is 0.338 e. The second-order valence-electron chi connectivity index (χ2n) is 5.94. The Morgan fingerprint density at radius 1 is 1.29 bits per heavy atom. The summed E-state index contributed by atoms with van der Waals surface area (Å²) in [4.78, 5) is 12.5. The molecule has 1 atom stereocenters. The zero-order valence-corrected chi connectivity index (χ0v) is 15.3. The van der Waals surface area contributed by atoms with Crippen LogP contribution in [-0.2, 0) is 9.53 Å². The first kappa shape index (κ1) is 18.3. The van der Waals surface area contributed by atoms with Crippen molar-refractivity contribution < 1.29 is 14.3 Å². The lowest BCUT2D eigenvalue weighted by atomic mass is 9.95. The number of ether oxygens (including phenoxy) is 2. The van der Waals surface area contributed by atoms with Crippen molar-refractivity contribution in [3.05, 3.63) is 41.1 Å². The van der Waals surface area contributed by atoms with Crippen LogP contribution in [0.3, 0.4) is 0 Å². The maximum absolute atomic E-state index is 12.5. The Bertz CT molecular complexity index is 638. The summed E-state index contributed by atoms with van der Waals surface area (Å²) in [5, 5.41) is 6.64. The van der Waals surface area contributed by atoms with E-state index in [1.807, 2.05) is 45.0 Å². The lowest BCUT2D eigenvalue weighted by molar-refractivity contribution is -0.143. The van der Waals surface area contributed by atoms with Crippen molar-refractivity contribution in [3.8, 4) is 5.75 Å². The van der Waals surface area contributed by atoms with Crippen LogP contribution in [-0.4, -0.2) is 23.8 Å². The first-order chi connectivity index (χ1) is 11.4. The predicted octanol–water partition coefficient (Wildman–Crippen LogP) is 3.22. The fourth-order valence-electron chi connectivity index (χ4n) is 2.47. The highest BCUT2D eigenvalue weighted by atomic mass is 32.1. The normalized spacial score (nSPS) is 17.4. The van der Waals surface area contributed by atoms with E-state index < -0.39 is 0 Å². The topological polar surface area (TPSA) is 59.6 Å². The first-order valence-corrected chi connectivity index (χ1v) is 8.55. The molecule has 5 nitrogen and oxygen atoms in total. The van der Waals surface area contributed by atoms with E-state index in [-0.39, 0.29) is 18.1 Å². The highest BCUT2D eigenvalue weighted by Gasteiger charge is 2.31. The van der Waals surface area contributed by atoms with Crippen LogP contribution in [0.15, 0.2) is 35.5 Å². The third-order valence-electron chi connectivity index (χ3n) is 3.52. The fraction of sp³-hybridized carbons (Fsp3) is 0.444. The van der Waals surface area contributed by atoms with Gasteiger partial charge in [-0.1, -0.05) is 19.1 Å². The van der Waals surface area contributed by atoms with Gasteiger partial charge in [-0.15, -0.1) is 0 Å². The quantitative estimate of drug-likeness (QED) is 0.608. The number of carbonyl (C=O) groups excluding carboxylic acids is 1.